The Balaban J connectivity index is 1.77. The maximum atomic E-state index is 13.3. The zero-order chi connectivity index (χ0) is 20.5. The number of nitrogens with one attached hydrogen (secondary N) is 2. The van der Waals surface area contributed by atoms with Crippen LogP contribution in [0.5, 0.6) is 0 Å². The Kier molecular flexibility index (Phi) is 5.05. The van der Waals surface area contributed by atoms with E-state index in [0.717, 1.165) is 46.5 Å². The van der Waals surface area contributed by atoms with Gasteiger partial charge < -0.3 is 10.6 Å². The number of anilines is 1. The Bertz CT molecular complexity index is 1030. The van der Waals surface area contributed by atoms with Crippen LogP contribution in [-0.4, -0.2) is 16.7 Å². The van der Waals surface area contributed by atoms with Gasteiger partial charge in [0, 0.05) is 41.1 Å². The molecule has 0 bridgehead atoms. The maximum absolute atomic E-state index is 13.3. The number of amides is 1. The van der Waals surface area contributed by atoms with Crippen molar-refractivity contribution >= 4 is 17.5 Å². The van der Waals surface area contributed by atoms with Gasteiger partial charge in [-0.05, 0) is 50.8 Å². The monoisotopic (exact) mass is 387 g/mol. The number of aromatic nitrogens is 1. The van der Waals surface area contributed by atoms with Crippen molar-refractivity contribution in [2.75, 3.05) is 5.32 Å². The molecule has 5 nitrogen and oxygen atoms in total. The van der Waals surface area contributed by atoms with Gasteiger partial charge in [-0.25, -0.2) is 4.98 Å². The third-order valence-corrected chi connectivity index (χ3v) is 5.58. The van der Waals surface area contributed by atoms with Gasteiger partial charge in [-0.2, -0.15) is 0 Å². The minimum Gasteiger partial charge on any atom is -0.362 e. The number of dihydropyridines is 1. The molecule has 0 spiro atoms. The highest BCUT2D eigenvalue weighted by Crippen LogP contribution is 2.42. The number of carbonyl (C=O) groups excluding carboxylic acids is 2. The van der Waals surface area contributed by atoms with Crippen LogP contribution in [0.15, 0.2) is 65.1 Å². The molecule has 0 saturated carbocycles. The van der Waals surface area contributed by atoms with Crippen LogP contribution in [-0.2, 0) is 9.59 Å². The minimum absolute atomic E-state index is 0.121. The maximum Gasteiger partial charge on any atom is 0.255 e. The Morgan fingerprint density at radius 3 is 2.45 bits per heavy atom. The van der Waals surface area contributed by atoms with Gasteiger partial charge in [0.1, 0.15) is 5.82 Å². The highest BCUT2D eigenvalue weighted by atomic mass is 16.2. The molecule has 2 heterocycles. The fraction of sp³-hybridized carbons (Fsp3) is 0.292. The van der Waals surface area contributed by atoms with Crippen molar-refractivity contribution in [3.8, 4) is 0 Å². The molecule has 1 aliphatic carbocycles. The molecule has 5 heteroatoms. The van der Waals surface area contributed by atoms with Gasteiger partial charge >= 0.3 is 0 Å². The second kappa shape index (κ2) is 7.66. The normalized spacial score (nSPS) is 19.0. The minimum atomic E-state index is -0.370. The molecule has 1 aliphatic heterocycles. The van der Waals surface area contributed by atoms with Gasteiger partial charge in [-0.1, -0.05) is 35.9 Å². The standard InChI is InChI=1S/C24H25N3O2/c1-14-7-10-17(11-8-14)22-21(24(29)27-20-12-9-15(2)13-25-20)16(3)26-18-5-4-6-19(28)23(18)22/h7-13,22,26H,4-6H2,1-3H3,(H,25,27,29)/t22-/m1/s1. The van der Waals surface area contributed by atoms with Crippen molar-refractivity contribution in [1.82, 2.24) is 10.3 Å². The first-order valence-electron chi connectivity index (χ1n) is 9.98. The van der Waals surface area contributed by atoms with Crippen LogP contribution < -0.4 is 10.6 Å². The first kappa shape index (κ1) is 19.1. The predicted molar refractivity (Wildman–Crippen MR) is 113 cm³/mol. The average molecular weight is 387 g/mol. The molecule has 0 radical (unpaired) electrons. The molecule has 29 heavy (non-hydrogen) atoms. The van der Waals surface area contributed by atoms with Gasteiger partial charge in [0.05, 0.1) is 0 Å². The zero-order valence-electron chi connectivity index (χ0n) is 17.0. The third kappa shape index (κ3) is 3.73. The third-order valence-electron chi connectivity index (χ3n) is 5.58. The first-order valence-corrected chi connectivity index (χ1v) is 9.98. The van der Waals surface area contributed by atoms with Gasteiger partial charge in [0.2, 0.25) is 0 Å². The summed E-state index contributed by atoms with van der Waals surface area (Å²) in [6.07, 6.45) is 3.91. The molecule has 2 aromatic rings. The van der Waals surface area contributed by atoms with Gasteiger partial charge in [-0.3, -0.25) is 9.59 Å². The summed E-state index contributed by atoms with van der Waals surface area (Å²) in [6, 6.07) is 11.8. The Labute approximate surface area is 170 Å². The van der Waals surface area contributed by atoms with Crippen LogP contribution >= 0.6 is 0 Å². The van der Waals surface area contributed by atoms with E-state index < -0.39 is 0 Å². The van der Waals surface area contributed by atoms with Crippen LogP contribution in [0.4, 0.5) is 5.82 Å². The molecule has 148 valence electrons. The number of nitrogens with zero attached hydrogens (tertiary/aromatic N) is 1. The average Bonchev–Trinajstić information content (AvgIpc) is 2.69. The molecule has 2 N–H and O–H groups in total. The number of carbonyl (C=O) groups is 2. The lowest BCUT2D eigenvalue weighted by Gasteiger charge is -2.34. The van der Waals surface area contributed by atoms with E-state index in [2.05, 4.69) is 15.6 Å². The van der Waals surface area contributed by atoms with Crippen molar-refractivity contribution < 1.29 is 9.59 Å². The van der Waals surface area contributed by atoms with Crippen LogP contribution in [0.3, 0.4) is 0 Å². The lowest BCUT2D eigenvalue weighted by atomic mass is 9.75. The van der Waals surface area contributed by atoms with E-state index in [1.807, 2.05) is 51.1 Å². The van der Waals surface area contributed by atoms with Gasteiger partial charge in [0.25, 0.3) is 5.91 Å². The van der Waals surface area contributed by atoms with Crippen molar-refractivity contribution in [2.45, 2.75) is 46.0 Å². The molecular formula is C24H25N3O2. The summed E-state index contributed by atoms with van der Waals surface area (Å²) in [5.74, 6) is 0.0147. The van der Waals surface area contributed by atoms with E-state index in [-0.39, 0.29) is 17.6 Å². The van der Waals surface area contributed by atoms with Gasteiger partial charge in [-0.15, -0.1) is 0 Å². The Morgan fingerprint density at radius 1 is 1.03 bits per heavy atom. The number of ketones is 1. The van der Waals surface area contributed by atoms with Crippen molar-refractivity contribution in [3.05, 3.63) is 81.8 Å². The van der Waals surface area contributed by atoms with E-state index in [1.165, 1.54) is 0 Å². The van der Waals surface area contributed by atoms with E-state index in [4.69, 9.17) is 0 Å². The quantitative estimate of drug-likeness (QED) is 0.823. The highest BCUT2D eigenvalue weighted by Gasteiger charge is 2.38. The van der Waals surface area contributed by atoms with Crippen LogP contribution in [0.25, 0.3) is 0 Å². The summed E-state index contributed by atoms with van der Waals surface area (Å²) in [5, 5.41) is 6.25. The lowest BCUT2D eigenvalue weighted by molar-refractivity contribution is -0.116. The molecule has 1 aromatic carbocycles. The molecule has 0 unspecified atom stereocenters. The summed E-state index contributed by atoms with van der Waals surface area (Å²) in [5.41, 5.74) is 6.17. The first-order chi connectivity index (χ1) is 13.9. The number of rotatable bonds is 3. The van der Waals surface area contributed by atoms with Crippen LogP contribution in [0.2, 0.25) is 0 Å². The van der Waals surface area contributed by atoms with Crippen LogP contribution in [0, 0.1) is 13.8 Å². The number of pyridine rings is 1. The van der Waals surface area contributed by atoms with Gasteiger partial charge in [0.15, 0.2) is 5.78 Å². The largest absolute Gasteiger partial charge is 0.362 e. The summed E-state index contributed by atoms with van der Waals surface area (Å²) in [4.78, 5) is 30.5. The number of allylic oxidation sites excluding steroid dienone is 3. The predicted octanol–water partition coefficient (Wildman–Crippen LogP) is 4.31. The van der Waals surface area contributed by atoms with E-state index in [9.17, 15) is 9.59 Å². The molecule has 0 saturated heterocycles. The van der Waals surface area contributed by atoms with E-state index in [0.29, 0.717) is 17.8 Å². The highest BCUT2D eigenvalue weighted by molar-refractivity contribution is 6.09. The number of hydrogen-bond donors (Lipinski definition) is 2. The van der Waals surface area contributed by atoms with E-state index >= 15 is 0 Å². The molecular weight excluding hydrogens is 362 g/mol. The molecule has 0 fully saturated rings. The van der Waals surface area contributed by atoms with Crippen molar-refractivity contribution in [1.29, 1.82) is 0 Å². The molecule has 1 amide bonds. The summed E-state index contributed by atoms with van der Waals surface area (Å²) in [6.45, 7) is 5.88. The number of aryl methyl sites for hydroxylation is 2. The second-order valence-electron chi connectivity index (χ2n) is 7.85. The smallest absolute Gasteiger partial charge is 0.255 e. The second-order valence-corrected chi connectivity index (χ2v) is 7.85. The molecule has 1 aromatic heterocycles. The number of benzene rings is 1. The fourth-order valence-corrected chi connectivity index (χ4v) is 4.10. The lowest BCUT2D eigenvalue weighted by Crippen LogP contribution is -2.35. The Hall–Kier alpha value is -3.21. The summed E-state index contributed by atoms with van der Waals surface area (Å²) >= 11 is 0. The topological polar surface area (TPSA) is 71.1 Å². The van der Waals surface area contributed by atoms with Crippen molar-refractivity contribution in [2.24, 2.45) is 0 Å². The Morgan fingerprint density at radius 2 is 1.76 bits per heavy atom. The number of Topliss-reactive ketones (excluding diaryl/α,β-unsaturated/α-hetero) is 1. The SMILES string of the molecule is CC1=C(C(=O)Nc2ccc(C)cn2)[C@@H](c2ccc(C)cc2)C2=C(CCCC2=O)N1. The molecule has 1 atom stereocenters. The number of hydrogen-bond acceptors (Lipinski definition) is 4. The fourth-order valence-electron chi connectivity index (χ4n) is 4.10. The van der Waals surface area contributed by atoms with Crippen molar-refractivity contribution in [3.63, 3.8) is 0 Å². The summed E-state index contributed by atoms with van der Waals surface area (Å²) < 4.78 is 0. The summed E-state index contributed by atoms with van der Waals surface area (Å²) in [7, 11) is 0. The van der Waals surface area contributed by atoms with Crippen LogP contribution in [0.1, 0.15) is 48.8 Å². The zero-order valence-corrected chi connectivity index (χ0v) is 17.0. The molecule has 4 rings (SSSR count). The van der Waals surface area contributed by atoms with E-state index in [1.54, 1.807) is 12.3 Å². The molecule has 2 aliphatic rings.